The molecule has 0 aliphatic carbocycles. The Labute approximate surface area is 183 Å². The quantitative estimate of drug-likeness (QED) is 0.744. The number of nitriles is 1. The second-order valence-corrected chi connectivity index (χ2v) is 7.59. The van der Waals surface area contributed by atoms with Crippen molar-refractivity contribution in [1.29, 1.82) is 5.26 Å². The van der Waals surface area contributed by atoms with E-state index >= 15 is 0 Å². The topological polar surface area (TPSA) is 85.7 Å². The number of rotatable bonds is 7. The summed E-state index contributed by atoms with van der Waals surface area (Å²) in [4.78, 5) is 28.5. The van der Waals surface area contributed by atoms with Crippen LogP contribution >= 0.6 is 0 Å². The number of nitrogens with one attached hydrogen (secondary N) is 1. The first-order chi connectivity index (χ1) is 15.0. The average molecular weight is 421 g/mol. The Morgan fingerprint density at radius 1 is 1.03 bits per heavy atom. The molecule has 2 unspecified atom stereocenters. The first kappa shape index (κ1) is 22.3. The summed E-state index contributed by atoms with van der Waals surface area (Å²) >= 11 is 0. The molecule has 1 fully saturated rings. The van der Waals surface area contributed by atoms with Gasteiger partial charge >= 0.3 is 0 Å². The second kappa shape index (κ2) is 10.6. The van der Waals surface area contributed by atoms with E-state index in [2.05, 4.69) is 16.3 Å². The van der Waals surface area contributed by atoms with E-state index in [4.69, 9.17) is 4.74 Å². The van der Waals surface area contributed by atoms with Gasteiger partial charge in [0.15, 0.2) is 0 Å². The average Bonchev–Trinajstić information content (AvgIpc) is 2.80. The van der Waals surface area contributed by atoms with Gasteiger partial charge in [0.1, 0.15) is 11.8 Å². The number of ether oxygens (including phenoxy) is 1. The predicted octanol–water partition coefficient (Wildman–Crippen LogP) is 2.67. The molecule has 1 aliphatic rings. The van der Waals surface area contributed by atoms with Gasteiger partial charge in [0.25, 0.3) is 0 Å². The Kier molecular flexibility index (Phi) is 7.63. The van der Waals surface area contributed by atoms with Crippen LogP contribution in [0.1, 0.15) is 36.6 Å². The summed E-state index contributed by atoms with van der Waals surface area (Å²) in [6, 6.07) is 18.7. The number of hydrogen-bond acceptors (Lipinski definition) is 5. The fourth-order valence-electron chi connectivity index (χ4n) is 3.87. The van der Waals surface area contributed by atoms with E-state index < -0.39 is 0 Å². The smallest absolute Gasteiger partial charge is 0.225 e. The maximum atomic E-state index is 12.9. The largest absolute Gasteiger partial charge is 0.497 e. The molecule has 31 heavy (non-hydrogen) atoms. The zero-order valence-electron chi connectivity index (χ0n) is 18.0. The van der Waals surface area contributed by atoms with Crippen molar-refractivity contribution < 1.29 is 14.3 Å². The van der Waals surface area contributed by atoms with Gasteiger partial charge in [-0.3, -0.25) is 14.5 Å². The maximum Gasteiger partial charge on any atom is 0.225 e. The van der Waals surface area contributed by atoms with Crippen molar-refractivity contribution in [2.24, 2.45) is 0 Å². The van der Waals surface area contributed by atoms with E-state index in [-0.39, 0.29) is 30.3 Å². The van der Waals surface area contributed by atoms with Crippen LogP contribution in [-0.2, 0) is 9.59 Å². The Hall–Kier alpha value is -3.37. The monoisotopic (exact) mass is 420 g/mol. The zero-order chi connectivity index (χ0) is 22.2. The Balaban J connectivity index is 1.60. The van der Waals surface area contributed by atoms with Gasteiger partial charge in [-0.1, -0.05) is 42.5 Å². The molecule has 0 spiro atoms. The number of piperazine rings is 1. The summed E-state index contributed by atoms with van der Waals surface area (Å²) in [5, 5.41) is 12.6. The van der Waals surface area contributed by atoms with E-state index in [0.29, 0.717) is 26.2 Å². The summed E-state index contributed by atoms with van der Waals surface area (Å²) in [5.41, 5.74) is 1.83. The molecule has 0 aromatic heterocycles. The highest BCUT2D eigenvalue weighted by Gasteiger charge is 2.28. The van der Waals surface area contributed by atoms with Crippen molar-refractivity contribution in [3.63, 3.8) is 0 Å². The van der Waals surface area contributed by atoms with Gasteiger partial charge in [-0.05, 0) is 23.3 Å². The molecule has 1 aliphatic heterocycles. The van der Waals surface area contributed by atoms with E-state index in [1.54, 1.807) is 7.11 Å². The summed E-state index contributed by atoms with van der Waals surface area (Å²) in [6.45, 7) is 3.79. The molecular formula is C24H28N4O3. The summed E-state index contributed by atoms with van der Waals surface area (Å²) in [5.74, 6) is 0.589. The van der Waals surface area contributed by atoms with Crippen molar-refractivity contribution in [3.05, 3.63) is 65.7 Å². The van der Waals surface area contributed by atoms with Crippen LogP contribution in [0.2, 0.25) is 0 Å². The third-order valence-electron chi connectivity index (χ3n) is 5.54. The lowest BCUT2D eigenvalue weighted by atomic mass is 10.0. The number of benzene rings is 2. The van der Waals surface area contributed by atoms with Crippen molar-refractivity contribution >= 4 is 11.8 Å². The lowest BCUT2D eigenvalue weighted by molar-refractivity contribution is -0.134. The van der Waals surface area contributed by atoms with Gasteiger partial charge in [0.2, 0.25) is 11.8 Å². The van der Waals surface area contributed by atoms with Crippen LogP contribution in [0.25, 0.3) is 0 Å². The fraction of sp³-hybridized carbons (Fsp3) is 0.375. The molecule has 2 aromatic carbocycles. The molecule has 2 atom stereocenters. The van der Waals surface area contributed by atoms with E-state index in [1.807, 2.05) is 59.5 Å². The van der Waals surface area contributed by atoms with Gasteiger partial charge < -0.3 is 15.0 Å². The molecule has 2 amide bonds. The Bertz CT molecular complexity index is 916. The molecule has 162 valence electrons. The first-order valence-electron chi connectivity index (χ1n) is 10.4. The highest BCUT2D eigenvalue weighted by atomic mass is 16.5. The molecule has 1 saturated heterocycles. The van der Waals surface area contributed by atoms with Crippen molar-refractivity contribution in [2.75, 3.05) is 33.3 Å². The van der Waals surface area contributed by atoms with Crippen LogP contribution in [0.4, 0.5) is 0 Å². The van der Waals surface area contributed by atoms with Gasteiger partial charge in [-0.25, -0.2) is 0 Å². The van der Waals surface area contributed by atoms with E-state index in [0.717, 1.165) is 16.9 Å². The van der Waals surface area contributed by atoms with Crippen LogP contribution in [-0.4, -0.2) is 54.9 Å². The molecule has 7 nitrogen and oxygen atoms in total. The minimum absolute atomic E-state index is 0.000193. The standard InChI is InChI=1S/C24H28N4O3/c1-18(29)26-22(19-6-4-3-5-7-19)16-24(30)28-14-12-27(13-15-28)23(17-25)20-8-10-21(31-2)11-9-20/h3-11,22-23H,12-16H2,1-2H3,(H,26,29). The zero-order valence-corrected chi connectivity index (χ0v) is 18.0. The third kappa shape index (κ3) is 5.83. The van der Waals surface area contributed by atoms with Crippen LogP contribution in [0.3, 0.4) is 0 Å². The molecule has 0 bridgehead atoms. The molecular weight excluding hydrogens is 392 g/mol. The molecule has 7 heteroatoms. The van der Waals surface area contributed by atoms with Crippen molar-refractivity contribution in [3.8, 4) is 11.8 Å². The number of hydrogen-bond donors (Lipinski definition) is 1. The number of methoxy groups -OCH3 is 1. The van der Waals surface area contributed by atoms with Crippen LogP contribution in [0.5, 0.6) is 5.75 Å². The fourth-order valence-corrected chi connectivity index (χ4v) is 3.87. The van der Waals surface area contributed by atoms with Gasteiger partial charge in [0.05, 0.1) is 25.6 Å². The third-order valence-corrected chi connectivity index (χ3v) is 5.54. The van der Waals surface area contributed by atoms with E-state index in [9.17, 15) is 14.9 Å². The minimum Gasteiger partial charge on any atom is -0.497 e. The molecule has 1 N–H and O–H groups in total. The number of amides is 2. The molecule has 1 heterocycles. The van der Waals surface area contributed by atoms with Gasteiger partial charge in [-0.2, -0.15) is 5.26 Å². The lowest BCUT2D eigenvalue weighted by Gasteiger charge is -2.37. The SMILES string of the molecule is COc1ccc(C(C#N)N2CCN(C(=O)CC(NC(C)=O)c3ccccc3)CC2)cc1. The van der Waals surface area contributed by atoms with Crippen LogP contribution in [0, 0.1) is 11.3 Å². The normalized spacial score (nSPS) is 16.1. The van der Waals surface area contributed by atoms with Gasteiger partial charge in [-0.15, -0.1) is 0 Å². The summed E-state index contributed by atoms with van der Waals surface area (Å²) in [6.07, 6.45) is 0.212. The summed E-state index contributed by atoms with van der Waals surface area (Å²) < 4.78 is 5.19. The number of nitrogens with zero attached hydrogens (tertiary/aromatic N) is 3. The highest BCUT2D eigenvalue weighted by Crippen LogP contribution is 2.25. The van der Waals surface area contributed by atoms with Crippen LogP contribution < -0.4 is 10.1 Å². The maximum absolute atomic E-state index is 12.9. The minimum atomic E-state index is -0.361. The number of carbonyl (C=O) groups excluding carboxylic acids is 2. The highest BCUT2D eigenvalue weighted by molar-refractivity contribution is 5.79. The van der Waals surface area contributed by atoms with Crippen LogP contribution in [0.15, 0.2) is 54.6 Å². The second-order valence-electron chi connectivity index (χ2n) is 7.59. The van der Waals surface area contributed by atoms with Gasteiger partial charge in [0, 0.05) is 33.1 Å². The lowest BCUT2D eigenvalue weighted by Crippen LogP contribution is -2.50. The molecule has 0 saturated carbocycles. The molecule has 0 radical (unpaired) electrons. The van der Waals surface area contributed by atoms with E-state index in [1.165, 1.54) is 6.92 Å². The Morgan fingerprint density at radius 2 is 1.68 bits per heavy atom. The Morgan fingerprint density at radius 3 is 2.23 bits per heavy atom. The summed E-state index contributed by atoms with van der Waals surface area (Å²) in [7, 11) is 1.61. The van der Waals surface area contributed by atoms with Crippen molar-refractivity contribution in [1.82, 2.24) is 15.1 Å². The van der Waals surface area contributed by atoms with Crippen molar-refractivity contribution in [2.45, 2.75) is 25.4 Å². The first-order valence-corrected chi connectivity index (χ1v) is 10.4. The molecule has 2 aromatic rings. The molecule has 3 rings (SSSR count). The predicted molar refractivity (Wildman–Crippen MR) is 117 cm³/mol. The number of carbonyl (C=O) groups is 2.